The third-order valence-corrected chi connectivity index (χ3v) is 4.43. The first-order valence-electron chi connectivity index (χ1n) is 7.98. The van der Waals surface area contributed by atoms with Gasteiger partial charge >= 0.3 is 10.3 Å². The SMILES string of the molecule is CO[C@H](COS(N)(=O)=O)[C@@H](O)Cn1cnc2c(-c3ccccc3)ncnc21. The number of rotatable bonds is 8. The number of hydrogen-bond acceptors (Lipinski definition) is 8. The minimum Gasteiger partial charge on any atom is -0.388 e. The van der Waals surface area contributed by atoms with Crippen LogP contribution in [0.2, 0.25) is 0 Å². The molecule has 0 saturated heterocycles. The number of nitrogens with zero attached hydrogens (tertiary/aromatic N) is 4. The molecule has 0 aliphatic carbocycles. The minimum atomic E-state index is -4.13. The van der Waals surface area contributed by atoms with E-state index in [0.29, 0.717) is 16.9 Å². The van der Waals surface area contributed by atoms with E-state index in [-0.39, 0.29) is 6.54 Å². The molecule has 0 radical (unpaired) electrons. The van der Waals surface area contributed by atoms with Gasteiger partial charge in [0.05, 0.1) is 19.5 Å². The molecule has 0 bridgehead atoms. The second-order valence-electron chi connectivity index (χ2n) is 5.78. The van der Waals surface area contributed by atoms with Crippen LogP contribution in [0.5, 0.6) is 0 Å². The maximum absolute atomic E-state index is 10.9. The first-order chi connectivity index (χ1) is 12.9. The zero-order valence-corrected chi connectivity index (χ0v) is 15.3. The maximum atomic E-state index is 10.9. The lowest BCUT2D eigenvalue weighted by molar-refractivity contribution is -0.0403. The smallest absolute Gasteiger partial charge is 0.333 e. The molecule has 0 fully saturated rings. The Morgan fingerprint density at radius 3 is 2.63 bits per heavy atom. The number of fused-ring (bicyclic) bond motifs is 1. The van der Waals surface area contributed by atoms with Crippen LogP contribution in [0, 0.1) is 0 Å². The van der Waals surface area contributed by atoms with Gasteiger partial charge in [0.2, 0.25) is 0 Å². The Morgan fingerprint density at radius 2 is 1.96 bits per heavy atom. The van der Waals surface area contributed by atoms with E-state index in [1.165, 1.54) is 19.8 Å². The molecule has 1 aromatic carbocycles. The predicted molar refractivity (Wildman–Crippen MR) is 96.6 cm³/mol. The summed E-state index contributed by atoms with van der Waals surface area (Å²) >= 11 is 0. The number of ether oxygens (including phenoxy) is 1. The Kier molecular flexibility index (Phi) is 5.77. The largest absolute Gasteiger partial charge is 0.388 e. The van der Waals surface area contributed by atoms with Gasteiger partial charge in [0.15, 0.2) is 5.65 Å². The third-order valence-electron chi connectivity index (χ3n) is 3.96. The summed E-state index contributed by atoms with van der Waals surface area (Å²) in [6.45, 7) is -0.346. The molecule has 0 spiro atoms. The fraction of sp³-hybridized carbons (Fsp3) is 0.312. The molecule has 0 aliphatic heterocycles. The molecule has 0 saturated carbocycles. The molecule has 0 unspecified atom stereocenters. The van der Waals surface area contributed by atoms with Crippen molar-refractivity contribution in [1.82, 2.24) is 19.5 Å². The van der Waals surface area contributed by atoms with Gasteiger partial charge in [-0.05, 0) is 0 Å². The van der Waals surface area contributed by atoms with Crippen LogP contribution in [0.25, 0.3) is 22.4 Å². The fourth-order valence-corrected chi connectivity index (χ4v) is 2.96. The van der Waals surface area contributed by atoms with Crippen LogP contribution < -0.4 is 5.14 Å². The minimum absolute atomic E-state index is 0.0637. The van der Waals surface area contributed by atoms with E-state index >= 15 is 0 Å². The van der Waals surface area contributed by atoms with Crippen LogP contribution in [-0.4, -0.2) is 59.0 Å². The highest BCUT2D eigenvalue weighted by Crippen LogP contribution is 2.24. The van der Waals surface area contributed by atoms with Crippen molar-refractivity contribution in [2.24, 2.45) is 5.14 Å². The van der Waals surface area contributed by atoms with E-state index in [2.05, 4.69) is 19.1 Å². The van der Waals surface area contributed by atoms with Crippen molar-refractivity contribution >= 4 is 21.5 Å². The molecule has 27 heavy (non-hydrogen) atoms. The van der Waals surface area contributed by atoms with Crippen LogP contribution in [0.1, 0.15) is 0 Å². The number of methoxy groups -OCH3 is 1. The second kappa shape index (κ2) is 8.06. The molecule has 2 atom stereocenters. The van der Waals surface area contributed by atoms with E-state index in [4.69, 9.17) is 9.88 Å². The fourth-order valence-electron chi connectivity index (χ4n) is 2.64. The van der Waals surface area contributed by atoms with Gasteiger partial charge in [-0.1, -0.05) is 30.3 Å². The lowest BCUT2D eigenvalue weighted by Crippen LogP contribution is -2.37. The van der Waals surface area contributed by atoms with Crippen molar-refractivity contribution in [1.29, 1.82) is 0 Å². The summed E-state index contributed by atoms with van der Waals surface area (Å²) in [5.74, 6) is 0. The van der Waals surface area contributed by atoms with Crippen molar-refractivity contribution in [3.8, 4) is 11.3 Å². The molecule has 3 aromatic rings. The highest BCUT2D eigenvalue weighted by molar-refractivity contribution is 7.84. The maximum Gasteiger partial charge on any atom is 0.333 e. The Labute approximate surface area is 155 Å². The van der Waals surface area contributed by atoms with Crippen molar-refractivity contribution in [2.45, 2.75) is 18.8 Å². The van der Waals surface area contributed by atoms with Gasteiger partial charge in [-0.3, -0.25) is 4.18 Å². The zero-order valence-electron chi connectivity index (χ0n) is 14.5. The number of benzene rings is 1. The number of aliphatic hydroxyl groups excluding tert-OH is 1. The number of nitrogens with two attached hydrogens (primary N) is 1. The van der Waals surface area contributed by atoms with E-state index in [9.17, 15) is 13.5 Å². The lowest BCUT2D eigenvalue weighted by Gasteiger charge is -2.21. The van der Waals surface area contributed by atoms with Crippen molar-refractivity contribution in [3.05, 3.63) is 43.0 Å². The Balaban J connectivity index is 1.83. The van der Waals surface area contributed by atoms with E-state index < -0.39 is 29.1 Å². The lowest BCUT2D eigenvalue weighted by atomic mass is 10.1. The standard InChI is InChI=1S/C16H19N5O5S/c1-25-13(8-26-27(17,23)24)12(22)7-21-10-20-15-14(18-9-19-16(15)21)11-5-3-2-4-6-11/h2-6,9-10,12-13,22H,7-8H2,1H3,(H2,17,23,24)/t12-,13+/m0/s1. The van der Waals surface area contributed by atoms with Gasteiger partial charge < -0.3 is 14.4 Å². The Hall–Kier alpha value is -2.44. The summed E-state index contributed by atoms with van der Waals surface area (Å²) in [6.07, 6.45) is 0.968. The van der Waals surface area contributed by atoms with Crippen LogP contribution in [0.15, 0.2) is 43.0 Å². The molecule has 2 aromatic heterocycles. The monoisotopic (exact) mass is 393 g/mol. The van der Waals surface area contributed by atoms with Gasteiger partial charge in [-0.15, -0.1) is 0 Å². The van der Waals surface area contributed by atoms with Crippen LogP contribution >= 0.6 is 0 Å². The van der Waals surface area contributed by atoms with E-state index in [0.717, 1.165) is 5.56 Å². The Bertz CT molecular complexity index is 1010. The van der Waals surface area contributed by atoms with Gasteiger partial charge in [-0.25, -0.2) is 20.1 Å². The second-order valence-corrected chi connectivity index (χ2v) is 7.00. The molecule has 2 heterocycles. The number of aromatic nitrogens is 4. The molecule has 11 heteroatoms. The first-order valence-corrected chi connectivity index (χ1v) is 9.45. The summed E-state index contributed by atoms with van der Waals surface area (Å²) in [6, 6.07) is 9.55. The number of aliphatic hydroxyl groups is 1. The van der Waals surface area contributed by atoms with Gasteiger partial charge in [-0.2, -0.15) is 8.42 Å². The topological polar surface area (TPSA) is 142 Å². The van der Waals surface area contributed by atoms with Crippen LogP contribution in [0.4, 0.5) is 0 Å². The van der Waals surface area contributed by atoms with E-state index in [1.54, 1.807) is 4.57 Å². The van der Waals surface area contributed by atoms with Gasteiger partial charge in [0.25, 0.3) is 0 Å². The third kappa shape index (κ3) is 4.64. The Morgan fingerprint density at radius 1 is 1.22 bits per heavy atom. The zero-order chi connectivity index (χ0) is 19.4. The number of hydrogen-bond donors (Lipinski definition) is 2. The summed E-state index contributed by atoms with van der Waals surface area (Å²) in [5.41, 5.74) is 2.69. The quantitative estimate of drug-likeness (QED) is 0.548. The molecule has 3 rings (SSSR count). The van der Waals surface area contributed by atoms with Crippen LogP contribution in [-0.2, 0) is 25.8 Å². The normalized spacial score (nSPS) is 14.3. The van der Waals surface area contributed by atoms with Gasteiger partial charge in [0.1, 0.15) is 29.7 Å². The van der Waals surface area contributed by atoms with Crippen LogP contribution in [0.3, 0.4) is 0 Å². The first kappa shape index (κ1) is 19.3. The van der Waals surface area contributed by atoms with Crippen molar-refractivity contribution < 1.29 is 22.4 Å². The van der Waals surface area contributed by atoms with Crippen molar-refractivity contribution in [2.75, 3.05) is 13.7 Å². The summed E-state index contributed by atoms with van der Waals surface area (Å²) < 4.78 is 33.1. The molecular formula is C16H19N5O5S. The number of imidazole rings is 1. The average Bonchev–Trinajstić information content (AvgIpc) is 3.05. The highest BCUT2D eigenvalue weighted by Gasteiger charge is 2.23. The molecule has 10 nitrogen and oxygen atoms in total. The molecule has 144 valence electrons. The van der Waals surface area contributed by atoms with E-state index in [1.807, 2.05) is 30.3 Å². The van der Waals surface area contributed by atoms with Gasteiger partial charge in [0, 0.05) is 12.7 Å². The summed E-state index contributed by atoms with van der Waals surface area (Å²) in [7, 11) is -2.79. The average molecular weight is 393 g/mol. The summed E-state index contributed by atoms with van der Waals surface area (Å²) in [5, 5.41) is 15.2. The van der Waals surface area contributed by atoms with Crippen molar-refractivity contribution in [3.63, 3.8) is 0 Å². The summed E-state index contributed by atoms with van der Waals surface area (Å²) in [4.78, 5) is 12.9. The highest BCUT2D eigenvalue weighted by atomic mass is 32.2. The molecule has 3 N–H and O–H groups in total. The molecular weight excluding hydrogens is 374 g/mol. The molecule has 0 aliphatic rings. The predicted octanol–water partition coefficient (Wildman–Crippen LogP) is 0.0893. The molecule has 0 amide bonds.